The first-order valence-corrected chi connectivity index (χ1v) is 6.86. The van der Waals surface area contributed by atoms with E-state index in [4.69, 9.17) is 27.9 Å². The van der Waals surface area contributed by atoms with Gasteiger partial charge in [-0.3, -0.25) is 10.3 Å². The Labute approximate surface area is 132 Å². The van der Waals surface area contributed by atoms with Crippen LogP contribution in [0.15, 0.2) is 53.2 Å². The number of amides is 1. The van der Waals surface area contributed by atoms with Gasteiger partial charge in [-0.1, -0.05) is 53.5 Å². The first-order valence-electron chi connectivity index (χ1n) is 6.10. The second-order valence-corrected chi connectivity index (χ2v) is 5.06. The zero-order valence-electron chi connectivity index (χ0n) is 10.9. The van der Waals surface area contributed by atoms with Crippen molar-refractivity contribution in [2.24, 2.45) is 0 Å². The van der Waals surface area contributed by atoms with Crippen LogP contribution in [-0.4, -0.2) is 11.1 Å². The van der Waals surface area contributed by atoms with Crippen molar-refractivity contribution in [1.29, 1.82) is 0 Å². The highest BCUT2D eigenvalue weighted by atomic mass is 35.5. The molecular formula is C15H12Cl2N2O2. The van der Waals surface area contributed by atoms with Crippen LogP contribution in [0.1, 0.15) is 11.3 Å². The molecule has 2 aromatic rings. The normalized spacial score (nSPS) is 9.81. The predicted octanol–water partition coefficient (Wildman–Crippen LogP) is 4.61. The Kier molecular flexibility index (Phi) is 5.60. The molecule has 4 nitrogen and oxygen atoms in total. The van der Waals surface area contributed by atoms with Gasteiger partial charge in [0.2, 0.25) is 0 Å². The van der Waals surface area contributed by atoms with E-state index < -0.39 is 6.09 Å². The minimum absolute atomic E-state index is 0.0504. The Hall–Kier alpha value is -2.04. The average molecular weight is 323 g/mol. The third-order valence-electron chi connectivity index (χ3n) is 2.53. The van der Waals surface area contributed by atoms with Crippen molar-refractivity contribution in [3.8, 4) is 0 Å². The zero-order chi connectivity index (χ0) is 15.1. The van der Waals surface area contributed by atoms with Gasteiger partial charge in [0.05, 0.1) is 11.4 Å². The Bertz CT molecular complexity index is 641. The van der Waals surface area contributed by atoms with Gasteiger partial charge in [-0.2, -0.15) is 0 Å². The average Bonchev–Trinajstić information content (AvgIpc) is 2.48. The van der Waals surface area contributed by atoms with E-state index in [-0.39, 0.29) is 11.1 Å². The van der Waals surface area contributed by atoms with Crippen LogP contribution in [0.4, 0.5) is 10.5 Å². The third kappa shape index (κ3) is 5.10. The Morgan fingerprint density at radius 2 is 1.95 bits per heavy atom. The number of carbonyl (C=O) groups is 1. The molecule has 1 aromatic carbocycles. The van der Waals surface area contributed by atoms with E-state index in [0.29, 0.717) is 11.4 Å². The first kappa shape index (κ1) is 15.4. The molecule has 0 aliphatic carbocycles. The lowest BCUT2D eigenvalue weighted by Gasteiger charge is -2.08. The molecule has 0 aliphatic heterocycles. The standard InChI is InChI=1S/C15H12Cl2N2O2/c16-14(17)9-13-12(7-4-8-18-13)19-15(20)21-10-11-5-2-1-3-6-11/h1-9H,10H2,(H,19,20). The van der Waals surface area contributed by atoms with Crippen LogP contribution in [0.5, 0.6) is 0 Å². The van der Waals surface area contributed by atoms with Crippen molar-refractivity contribution >= 4 is 41.1 Å². The SMILES string of the molecule is O=C(Nc1cccnc1C=C(Cl)Cl)OCc1ccccc1. The minimum Gasteiger partial charge on any atom is -0.444 e. The van der Waals surface area contributed by atoms with E-state index in [9.17, 15) is 4.79 Å². The van der Waals surface area contributed by atoms with E-state index >= 15 is 0 Å². The largest absolute Gasteiger partial charge is 0.444 e. The molecule has 21 heavy (non-hydrogen) atoms. The summed E-state index contributed by atoms with van der Waals surface area (Å²) in [5.41, 5.74) is 1.83. The third-order valence-corrected chi connectivity index (χ3v) is 2.75. The molecule has 1 heterocycles. The van der Waals surface area contributed by atoms with Crippen molar-refractivity contribution < 1.29 is 9.53 Å². The summed E-state index contributed by atoms with van der Waals surface area (Å²) in [6.45, 7) is 0.189. The number of pyridine rings is 1. The van der Waals surface area contributed by atoms with Gasteiger partial charge in [-0.25, -0.2) is 4.79 Å². The highest BCUT2D eigenvalue weighted by molar-refractivity contribution is 6.57. The number of nitrogens with zero attached hydrogens (tertiary/aromatic N) is 1. The van der Waals surface area contributed by atoms with Gasteiger partial charge in [-0.15, -0.1) is 0 Å². The van der Waals surface area contributed by atoms with Crippen molar-refractivity contribution in [2.45, 2.75) is 6.61 Å². The highest BCUT2D eigenvalue weighted by Gasteiger charge is 2.07. The van der Waals surface area contributed by atoms with Crippen molar-refractivity contribution in [1.82, 2.24) is 4.98 Å². The smallest absolute Gasteiger partial charge is 0.412 e. The molecule has 0 bridgehead atoms. The van der Waals surface area contributed by atoms with Gasteiger partial charge in [0, 0.05) is 6.20 Å². The molecule has 0 fully saturated rings. The van der Waals surface area contributed by atoms with Gasteiger partial charge in [0.25, 0.3) is 0 Å². The molecule has 1 aromatic heterocycles. The minimum atomic E-state index is -0.577. The number of anilines is 1. The predicted molar refractivity (Wildman–Crippen MR) is 84.2 cm³/mol. The second-order valence-electron chi connectivity index (χ2n) is 4.06. The summed E-state index contributed by atoms with van der Waals surface area (Å²) in [7, 11) is 0. The number of nitrogens with one attached hydrogen (secondary N) is 1. The first-order chi connectivity index (χ1) is 10.1. The molecule has 6 heteroatoms. The van der Waals surface area contributed by atoms with E-state index in [1.54, 1.807) is 18.3 Å². The summed E-state index contributed by atoms with van der Waals surface area (Å²) in [5.74, 6) is 0. The molecule has 1 N–H and O–H groups in total. The van der Waals surface area contributed by atoms with Crippen LogP contribution < -0.4 is 5.32 Å². The molecule has 0 unspecified atom stereocenters. The Morgan fingerprint density at radius 3 is 2.67 bits per heavy atom. The molecule has 0 radical (unpaired) electrons. The Balaban J connectivity index is 1.98. The quantitative estimate of drug-likeness (QED) is 0.894. The summed E-state index contributed by atoms with van der Waals surface area (Å²) >= 11 is 11.2. The summed E-state index contributed by atoms with van der Waals surface area (Å²) in [5, 5.41) is 2.60. The number of halogens is 2. The number of rotatable bonds is 4. The fraction of sp³-hybridized carbons (Fsp3) is 0.0667. The van der Waals surface area contributed by atoms with Crippen LogP contribution in [0.3, 0.4) is 0 Å². The summed E-state index contributed by atoms with van der Waals surface area (Å²) in [6, 6.07) is 12.8. The van der Waals surface area contributed by atoms with Crippen LogP contribution in [0, 0.1) is 0 Å². The molecule has 2 rings (SSSR count). The fourth-order valence-corrected chi connectivity index (χ4v) is 1.82. The second kappa shape index (κ2) is 7.67. The summed E-state index contributed by atoms with van der Waals surface area (Å²) in [6.07, 6.45) is 2.44. The van der Waals surface area contributed by atoms with Crippen molar-refractivity contribution in [2.75, 3.05) is 5.32 Å². The number of hydrogen-bond donors (Lipinski definition) is 1. The number of benzene rings is 1. The molecule has 0 atom stereocenters. The number of aromatic nitrogens is 1. The number of carbonyl (C=O) groups excluding carboxylic acids is 1. The highest BCUT2D eigenvalue weighted by Crippen LogP contribution is 2.19. The Morgan fingerprint density at radius 1 is 1.19 bits per heavy atom. The molecule has 0 spiro atoms. The fourth-order valence-electron chi connectivity index (χ4n) is 1.61. The lowest BCUT2D eigenvalue weighted by Crippen LogP contribution is -2.14. The lowest BCUT2D eigenvalue weighted by atomic mass is 10.2. The van der Waals surface area contributed by atoms with Gasteiger partial charge >= 0.3 is 6.09 Å². The van der Waals surface area contributed by atoms with Crippen molar-refractivity contribution in [3.63, 3.8) is 0 Å². The van der Waals surface area contributed by atoms with E-state index in [1.165, 1.54) is 6.08 Å². The summed E-state index contributed by atoms with van der Waals surface area (Å²) in [4.78, 5) is 15.9. The number of ether oxygens (including phenoxy) is 1. The van der Waals surface area contributed by atoms with Crippen molar-refractivity contribution in [3.05, 3.63) is 64.4 Å². The maximum absolute atomic E-state index is 11.8. The van der Waals surface area contributed by atoms with Crippen LogP contribution in [0.25, 0.3) is 6.08 Å². The van der Waals surface area contributed by atoms with E-state index in [1.807, 2.05) is 30.3 Å². The zero-order valence-corrected chi connectivity index (χ0v) is 12.4. The van der Waals surface area contributed by atoms with Crippen LogP contribution in [-0.2, 0) is 11.3 Å². The van der Waals surface area contributed by atoms with E-state index in [0.717, 1.165) is 5.56 Å². The van der Waals surface area contributed by atoms with E-state index in [2.05, 4.69) is 10.3 Å². The molecular weight excluding hydrogens is 311 g/mol. The summed E-state index contributed by atoms with van der Waals surface area (Å²) < 4.78 is 5.18. The molecule has 0 saturated heterocycles. The molecule has 1 amide bonds. The maximum Gasteiger partial charge on any atom is 0.412 e. The maximum atomic E-state index is 11.8. The molecule has 108 valence electrons. The monoisotopic (exact) mass is 322 g/mol. The number of hydrogen-bond acceptors (Lipinski definition) is 3. The molecule has 0 aliphatic rings. The van der Waals surface area contributed by atoms with Gasteiger partial charge in [0.15, 0.2) is 0 Å². The van der Waals surface area contributed by atoms with Gasteiger partial charge in [-0.05, 0) is 23.8 Å². The molecule has 0 saturated carbocycles. The van der Waals surface area contributed by atoms with Crippen LogP contribution in [0.2, 0.25) is 0 Å². The van der Waals surface area contributed by atoms with Gasteiger partial charge < -0.3 is 4.74 Å². The lowest BCUT2D eigenvalue weighted by molar-refractivity contribution is 0.155. The van der Waals surface area contributed by atoms with Gasteiger partial charge in [0.1, 0.15) is 11.1 Å². The topological polar surface area (TPSA) is 51.2 Å². The van der Waals surface area contributed by atoms with Crippen LogP contribution >= 0.6 is 23.2 Å².